The molecule has 1 saturated carbocycles. The SMILES string of the molecule is CCCCOP(=O)(Oc1ccc2ccc3cccc4ccc1c2c34)[C@@]1(O)[C@H](O)[C@H](O)[C@@H](O)[C@H](O)[C@H]1O. The molecule has 4 aromatic rings. The van der Waals surface area contributed by atoms with Gasteiger partial charge in [-0.2, -0.15) is 0 Å². The minimum Gasteiger partial charge on any atom is -0.422 e. The molecule has 0 radical (unpaired) electrons. The Bertz CT molecular complexity index is 1410. The highest BCUT2D eigenvalue weighted by molar-refractivity contribution is 7.56. The maximum absolute atomic E-state index is 14.3. The van der Waals surface area contributed by atoms with Gasteiger partial charge in [0.2, 0.25) is 5.34 Å². The second kappa shape index (κ2) is 9.20. The van der Waals surface area contributed by atoms with Gasteiger partial charge in [0.1, 0.15) is 36.3 Å². The van der Waals surface area contributed by atoms with Gasteiger partial charge in [-0.05, 0) is 40.1 Å². The van der Waals surface area contributed by atoms with Gasteiger partial charge >= 0.3 is 7.60 Å². The van der Waals surface area contributed by atoms with Gasteiger partial charge in [0.05, 0.1) is 6.61 Å². The van der Waals surface area contributed by atoms with Crippen LogP contribution in [-0.2, 0) is 9.09 Å². The smallest absolute Gasteiger partial charge is 0.416 e. The molecule has 6 N–H and O–H groups in total. The molecule has 9 nitrogen and oxygen atoms in total. The predicted octanol–water partition coefficient (Wildman–Crippen LogP) is 2.48. The van der Waals surface area contributed by atoms with Crippen LogP contribution in [0, 0.1) is 0 Å². The van der Waals surface area contributed by atoms with Crippen LogP contribution in [0.2, 0.25) is 0 Å². The van der Waals surface area contributed by atoms with Crippen molar-refractivity contribution < 1.29 is 44.3 Å². The van der Waals surface area contributed by atoms with E-state index in [1.807, 2.05) is 43.3 Å². The number of unbranched alkanes of at least 4 members (excludes halogenated alkanes) is 1. The van der Waals surface area contributed by atoms with Crippen LogP contribution in [0.1, 0.15) is 19.8 Å². The lowest BCUT2D eigenvalue weighted by Gasteiger charge is -2.48. The molecule has 0 aliphatic heterocycles. The zero-order valence-corrected chi connectivity index (χ0v) is 20.5. The molecule has 0 heterocycles. The zero-order chi connectivity index (χ0) is 25.8. The van der Waals surface area contributed by atoms with E-state index in [9.17, 15) is 35.2 Å². The van der Waals surface area contributed by atoms with Crippen LogP contribution < -0.4 is 4.52 Å². The monoisotopic (exact) mass is 516 g/mol. The van der Waals surface area contributed by atoms with Crippen molar-refractivity contribution in [1.82, 2.24) is 0 Å². The molecule has 0 amide bonds. The zero-order valence-electron chi connectivity index (χ0n) is 19.6. The Labute approximate surface area is 207 Å². The van der Waals surface area contributed by atoms with Crippen LogP contribution in [0.3, 0.4) is 0 Å². The van der Waals surface area contributed by atoms with E-state index in [1.165, 1.54) is 0 Å². The summed E-state index contributed by atoms with van der Waals surface area (Å²) in [5, 5.41) is 65.4. The van der Waals surface area contributed by atoms with E-state index in [4.69, 9.17) is 9.05 Å². The molecule has 0 spiro atoms. The molecule has 192 valence electrons. The van der Waals surface area contributed by atoms with Crippen molar-refractivity contribution in [2.24, 2.45) is 0 Å². The normalized spacial score (nSPS) is 30.7. The molecule has 1 fully saturated rings. The number of rotatable bonds is 7. The summed E-state index contributed by atoms with van der Waals surface area (Å²) >= 11 is 0. The summed E-state index contributed by atoms with van der Waals surface area (Å²) in [6.45, 7) is 1.70. The average Bonchev–Trinajstić information content (AvgIpc) is 2.89. The van der Waals surface area contributed by atoms with Crippen molar-refractivity contribution in [2.45, 2.75) is 55.6 Å². The lowest BCUT2D eigenvalue weighted by molar-refractivity contribution is -0.243. The summed E-state index contributed by atoms with van der Waals surface area (Å²) in [5.41, 5.74) is 0. The van der Waals surface area contributed by atoms with Crippen LogP contribution in [-0.4, -0.2) is 73.1 Å². The number of benzene rings is 4. The first-order valence-corrected chi connectivity index (χ1v) is 13.4. The van der Waals surface area contributed by atoms with Crippen molar-refractivity contribution in [1.29, 1.82) is 0 Å². The van der Waals surface area contributed by atoms with Gasteiger partial charge in [0, 0.05) is 10.8 Å². The number of aliphatic hydroxyl groups excluding tert-OH is 5. The first-order valence-electron chi connectivity index (χ1n) is 11.9. The Morgan fingerprint density at radius 1 is 0.806 bits per heavy atom. The lowest BCUT2D eigenvalue weighted by Crippen LogP contribution is -2.70. The molecule has 36 heavy (non-hydrogen) atoms. The highest BCUT2D eigenvalue weighted by Crippen LogP contribution is 2.64. The summed E-state index contributed by atoms with van der Waals surface area (Å²) in [6.07, 6.45) is -9.87. The summed E-state index contributed by atoms with van der Waals surface area (Å²) in [7, 11) is -4.94. The fraction of sp³-hybridized carbons (Fsp3) is 0.385. The molecule has 0 bridgehead atoms. The molecule has 1 aliphatic rings. The van der Waals surface area contributed by atoms with E-state index in [2.05, 4.69) is 0 Å². The van der Waals surface area contributed by atoms with Gasteiger partial charge in [-0.3, -0.25) is 4.52 Å². The van der Waals surface area contributed by atoms with E-state index in [0.29, 0.717) is 18.2 Å². The van der Waals surface area contributed by atoms with Crippen molar-refractivity contribution >= 4 is 39.9 Å². The molecule has 5 rings (SSSR count). The van der Waals surface area contributed by atoms with Gasteiger partial charge in [0.25, 0.3) is 0 Å². The third-order valence-corrected chi connectivity index (χ3v) is 9.49. The van der Waals surface area contributed by atoms with Crippen LogP contribution in [0.25, 0.3) is 32.3 Å². The Balaban J connectivity index is 1.67. The van der Waals surface area contributed by atoms with Gasteiger partial charge in [-0.1, -0.05) is 55.8 Å². The van der Waals surface area contributed by atoms with E-state index in [0.717, 1.165) is 26.9 Å². The number of hydrogen-bond donors (Lipinski definition) is 6. The third-order valence-electron chi connectivity index (χ3n) is 7.12. The van der Waals surface area contributed by atoms with E-state index in [1.54, 1.807) is 18.2 Å². The fourth-order valence-electron chi connectivity index (χ4n) is 5.03. The Morgan fingerprint density at radius 3 is 1.97 bits per heavy atom. The van der Waals surface area contributed by atoms with Crippen molar-refractivity contribution in [3.05, 3.63) is 54.6 Å². The quantitative estimate of drug-likeness (QED) is 0.123. The number of aliphatic hydroxyl groups is 6. The van der Waals surface area contributed by atoms with E-state index in [-0.39, 0.29) is 12.4 Å². The van der Waals surface area contributed by atoms with Crippen LogP contribution >= 0.6 is 7.60 Å². The summed E-state index contributed by atoms with van der Waals surface area (Å²) in [5.74, 6) is 0.0588. The van der Waals surface area contributed by atoms with Crippen LogP contribution in [0.4, 0.5) is 0 Å². The maximum Gasteiger partial charge on any atom is 0.416 e. The highest BCUT2D eigenvalue weighted by Gasteiger charge is 2.69. The molecule has 1 aliphatic carbocycles. The van der Waals surface area contributed by atoms with Gasteiger partial charge < -0.3 is 35.2 Å². The van der Waals surface area contributed by atoms with Gasteiger partial charge in [-0.25, -0.2) is 4.57 Å². The largest absolute Gasteiger partial charge is 0.422 e. The Kier molecular flexibility index (Phi) is 6.47. The van der Waals surface area contributed by atoms with E-state index < -0.39 is 43.5 Å². The lowest BCUT2D eigenvalue weighted by atomic mass is 9.84. The maximum atomic E-state index is 14.3. The van der Waals surface area contributed by atoms with Gasteiger partial charge in [0.15, 0.2) is 0 Å². The summed E-state index contributed by atoms with van der Waals surface area (Å²) < 4.78 is 25.7. The van der Waals surface area contributed by atoms with Crippen molar-refractivity contribution in [2.75, 3.05) is 6.61 Å². The highest BCUT2D eigenvalue weighted by atomic mass is 31.2. The standard InChI is InChI=1S/C26H29O9P/c1-2-3-13-34-36(33,26(32)24(30)22(28)21(27)23(29)25(26)31)35-18-12-10-16-8-7-14-5-4-6-15-9-11-17(18)20(16)19(14)15/h4-12,21-25,27-32H,2-3,13H2,1H3/t21-,22-,23+,24-,25-,26+,36?/m1/s1. The molecular formula is C26H29O9P. The minimum absolute atomic E-state index is 0.0588. The Hall–Kier alpha value is -2.33. The average molecular weight is 516 g/mol. The van der Waals surface area contributed by atoms with E-state index >= 15 is 0 Å². The van der Waals surface area contributed by atoms with Crippen LogP contribution in [0.15, 0.2) is 54.6 Å². The molecule has 0 aromatic heterocycles. The molecule has 10 heteroatoms. The van der Waals surface area contributed by atoms with Crippen molar-refractivity contribution in [3.63, 3.8) is 0 Å². The van der Waals surface area contributed by atoms with Gasteiger partial charge in [-0.15, -0.1) is 0 Å². The molecular weight excluding hydrogens is 487 g/mol. The fourth-order valence-corrected chi connectivity index (χ4v) is 7.17. The molecule has 0 saturated heterocycles. The molecule has 7 atom stereocenters. The summed E-state index contributed by atoms with van der Waals surface area (Å²) in [6, 6.07) is 16.8. The second-order valence-electron chi connectivity index (χ2n) is 9.34. The minimum atomic E-state index is -4.94. The molecule has 1 unspecified atom stereocenters. The van der Waals surface area contributed by atoms with Crippen LogP contribution in [0.5, 0.6) is 5.75 Å². The van der Waals surface area contributed by atoms with Crippen molar-refractivity contribution in [3.8, 4) is 5.75 Å². The molecule has 4 aromatic carbocycles. The number of hydrogen-bond acceptors (Lipinski definition) is 9. The predicted molar refractivity (Wildman–Crippen MR) is 134 cm³/mol. The second-order valence-corrected chi connectivity index (χ2v) is 11.5. The Morgan fingerprint density at radius 2 is 1.36 bits per heavy atom. The summed E-state index contributed by atoms with van der Waals surface area (Å²) in [4.78, 5) is 0. The third kappa shape index (κ3) is 3.62. The first-order chi connectivity index (χ1) is 17.1. The first kappa shape index (κ1) is 25.3. The topological polar surface area (TPSA) is 157 Å².